The Morgan fingerprint density at radius 2 is 1.80 bits per heavy atom. The molecule has 0 N–H and O–H groups in total. The van der Waals surface area contributed by atoms with Gasteiger partial charge in [0.2, 0.25) is 0 Å². The first-order valence-electron chi connectivity index (χ1n) is 5.49. The molecule has 1 aliphatic heterocycles. The van der Waals surface area contributed by atoms with Crippen LogP contribution in [0, 0.1) is 20.8 Å². The summed E-state index contributed by atoms with van der Waals surface area (Å²) in [7, 11) is 2.12. The van der Waals surface area contributed by atoms with Crippen LogP contribution in [0.25, 0.3) is 0 Å². The zero-order chi connectivity index (χ0) is 11.0. The van der Waals surface area contributed by atoms with E-state index in [-0.39, 0.29) is 6.23 Å². The minimum absolute atomic E-state index is 0.158. The lowest BCUT2D eigenvalue weighted by atomic mass is 9.98. The molecular weight excluding hydrogens is 186 g/mol. The smallest absolute Gasteiger partial charge is 0.137 e. The Morgan fingerprint density at radius 3 is 2.27 bits per heavy atom. The molecular formula is C13H19NO. The maximum absolute atomic E-state index is 5.78. The summed E-state index contributed by atoms with van der Waals surface area (Å²) < 4.78 is 5.78. The molecule has 1 fully saturated rings. The van der Waals surface area contributed by atoms with E-state index in [1.54, 1.807) is 0 Å². The number of rotatable bonds is 1. The maximum Gasteiger partial charge on any atom is 0.137 e. The molecule has 2 nitrogen and oxygen atoms in total. The molecule has 1 aromatic rings. The molecule has 15 heavy (non-hydrogen) atoms. The molecule has 1 heterocycles. The highest BCUT2D eigenvalue weighted by molar-refractivity contribution is 5.39. The summed E-state index contributed by atoms with van der Waals surface area (Å²) in [6, 6.07) is 4.47. The second kappa shape index (κ2) is 3.95. The highest BCUT2D eigenvalue weighted by atomic mass is 16.5. The second-order valence-electron chi connectivity index (χ2n) is 4.52. The zero-order valence-electron chi connectivity index (χ0n) is 10.0. The first-order chi connectivity index (χ1) is 7.09. The van der Waals surface area contributed by atoms with Gasteiger partial charge in [0.1, 0.15) is 6.23 Å². The molecule has 1 atom stereocenters. The molecule has 1 unspecified atom stereocenters. The summed E-state index contributed by atoms with van der Waals surface area (Å²) in [5, 5.41) is 0. The van der Waals surface area contributed by atoms with Crippen molar-refractivity contribution < 1.29 is 4.74 Å². The Labute approximate surface area is 91.9 Å². The van der Waals surface area contributed by atoms with Gasteiger partial charge in [0.25, 0.3) is 0 Å². The van der Waals surface area contributed by atoms with E-state index in [4.69, 9.17) is 4.74 Å². The zero-order valence-corrected chi connectivity index (χ0v) is 10.0. The van der Waals surface area contributed by atoms with Gasteiger partial charge in [-0.15, -0.1) is 0 Å². The highest BCUT2D eigenvalue weighted by Crippen LogP contribution is 2.30. The lowest BCUT2D eigenvalue weighted by Crippen LogP contribution is -2.20. The highest BCUT2D eigenvalue weighted by Gasteiger charge is 2.26. The van der Waals surface area contributed by atoms with E-state index in [1.165, 1.54) is 22.3 Å². The normalized spacial score (nSPS) is 22.3. The van der Waals surface area contributed by atoms with Gasteiger partial charge < -0.3 is 4.74 Å². The minimum Gasteiger partial charge on any atom is -0.358 e. The summed E-state index contributed by atoms with van der Waals surface area (Å²) in [4.78, 5) is 2.27. The second-order valence-corrected chi connectivity index (χ2v) is 4.52. The average Bonchev–Trinajstić information content (AvgIpc) is 2.50. The first-order valence-corrected chi connectivity index (χ1v) is 5.49. The van der Waals surface area contributed by atoms with E-state index in [0.29, 0.717) is 0 Å². The third kappa shape index (κ3) is 1.92. The van der Waals surface area contributed by atoms with Gasteiger partial charge in [-0.3, -0.25) is 4.90 Å². The van der Waals surface area contributed by atoms with Crippen molar-refractivity contribution in [2.45, 2.75) is 27.0 Å². The SMILES string of the molecule is Cc1cc(C)c(C2OCCN2C)c(C)c1. The van der Waals surface area contributed by atoms with Gasteiger partial charge in [-0.1, -0.05) is 17.7 Å². The average molecular weight is 205 g/mol. The monoisotopic (exact) mass is 205 g/mol. The van der Waals surface area contributed by atoms with Gasteiger partial charge >= 0.3 is 0 Å². The molecule has 1 saturated heterocycles. The van der Waals surface area contributed by atoms with Gasteiger partial charge in [0.05, 0.1) is 6.61 Å². The number of benzene rings is 1. The molecule has 0 amide bonds. The van der Waals surface area contributed by atoms with Gasteiger partial charge in [-0.2, -0.15) is 0 Å². The van der Waals surface area contributed by atoms with E-state index >= 15 is 0 Å². The molecule has 1 aromatic carbocycles. The summed E-state index contributed by atoms with van der Waals surface area (Å²) in [6.07, 6.45) is 0.158. The Kier molecular flexibility index (Phi) is 2.81. The van der Waals surface area contributed by atoms with Crippen LogP contribution in [0.5, 0.6) is 0 Å². The molecule has 1 aliphatic rings. The first kappa shape index (κ1) is 10.7. The van der Waals surface area contributed by atoms with Crippen LogP contribution in [0.2, 0.25) is 0 Å². The fourth-order valence-corrected chi connectivity index (χ4v) is 2.44. The number of hydrogen-bond acceptors (Lipinski definition) is 2. The van der Waals surface area contributed by atoms with E-state index in [0.717, 1.165) is 13.2 Å². The molecule has 2 rings (SSSR count). The van der Waals surface area contributed by atoms with Crippen LogP contribution in [0.15, 0.2) is 12.1 Å². The summed E-state index contributed by atoms with van der Waals surface area (Å²) in [6.45, 7) is 8.35. The fraction of sp³-hybridized carbons (Fsp3) is 0.538. The summed E-state index contributed by atoms with van der Waals surface area (Å²) >= 11 is 0. The van der Waals surface area contributed by atoms with Gasteiger partial charge in [-0.25, -0.2) is 0 Å². The molecule has 82 valence electrons. The van der Waals surface area contributed by atoms with Crippen LogP contribution in [0.1, 0.15) is 28.5 Å². The minimum atomic E-state index is 0.158. The quantitative estimate of drug-likeness (QED) is 0.698. The number of ether oxygens (including phenoxy) is 1. The van der Waals surface area contributed by atoms with Gasteiger partial charge in [0, 0.05) is 12.1 Å². The number of likely N-dealkylation sites (N-methyl/N-ethyl adjacent to an activating group) is 1. The lowest BCUT2D eigenvalue weighted by molar-refractivity contribution is 0.0443. The predicted octanol–water partition coefficient (Wildman–Crippen LogP) is 2.57. The molecule has 0 aromatic heterocycles. The maximum atomic E-state index is 5.78. The van der Waals surface area contributed by atoms with Crippen LogP contribution < -0.4 is 0 Å². The largest absolute Gasteiger partial charge is 0.358 e. The van der Waals surface area contributed by atoms with Crippen molar-refractivity contribution >= 4 is 0 Å². The van der Waals surface area contributed by atoms with Crippen molar-refractivity contribution in [1.29, 1.82) is 0 Å². The van der Waals surface area contributed by atoms with Crippen molar-refractivity contribution in [2.24, 2.45) is 0 Å². The summed E-state index contributed by atoms with van der Waals surface area (Å²) in [5.41, 5.74) is 5.35. The number of nitrogens with zero attached hydrogens (tertiary/aromatic N) is 1. The van der Waals surface area contributed by atoms with E-state index < -0.39 is 0 Å². The molecule has 0 saturated carbocycles. The van der Waals surface area contributed by atoms with E-state index in [9.17, 15) is 0 Å². The Hall–Kier alpha value is -0.860. The molecule has 0 bridgehead atoms. The van der Waals surface area contributed by atoms with Crippen LogP contribution >= 0.6 is 0 Å². The fourth-order valence-electron chi connectivity index (χ4n) is 2.44. The third-order valence-electron chi connectivity index (χ3n) is 3.11. The summed E-state index contributed by atoms with van der Waals surface area (Å²) in [5.74, 6) is 0. The molecule has 0 spiro atoms. The molecule has 0 aliphatic carbocycles. The standard InChI is InChI=1S/C13H19NO/c1-9-7-10(2)12(11(3)8-9)13-14(4)5-6-15-13/h7-8,13H,5-6H2,1-4H3. The van der Waals surface area contributed by atoms with Crippen molar-refractivity contribution in [3.8, 4) is 0 Å². The van der Waals surface area contributed by atoms with Crippen molar-refractivity contribution in [1.82, 2.24) is 4.90 Å². The van der Waals surface area contributed by atoms with Gasteiger partial charge in [-0.05, 0) is 38.9 Å². The van der Waals surface area contributed by atoms with Crippen molar-refractivity contribution in [2.75, 3.05) is 20.2 Å². The van der Waals surface area contributed by atoms with E-state index in [2.05, 4.69) is 44.9 Å². The van der Waals surface area contributed by atoms with E-state index in [1.807, 2.05) is 0 Å². The number of hydrogen-bond donors (Lipinski definition) is 0. The van der Waals surface area contributed by atoms with Crippen LogP contribution in [-0.4, -0.2) is 25.1 Å². The van der Waals surface area contributed by atoms with Crippen molar-refractivity contribution in [3.63, 3.8) is 0 Å². The Morgan fingerprint density at radius 1 is 1.20 bits per heavy atom. The Balaban J connectivity index is 2.43. The van der Waals surface area contributed by atoms with Crippen LogP contribution in [0.3, 0.4) is 0 Å². The lowest BCUT2D eigenvalue weighted by Gasteiger charge is -2.22. The number of aryl methyl sites for hydroxylation is 3. The predicted molar refractivity (Wildman–Crippen MR) is 62.0 cm³/mol. The van der Waals surface area contributed by atoms with Crippen LogP contribution in [0.4, 0.5) is 0 Å². The van der Waals surface area contributed by atoms with Gasteiger partial charge in [0.15, 0.2) is 0 Å². The van der Waals surface area contributed by atoms with Crippen LogP contribution in [-0.2, 0) is 4.74 Å². The third-order valence-corrected chi connectivity index (χ3v) is 3.11. The topological polar surface area (TPSA) is 12.5 Å². The molecule has 2 heteroatoms. The van der Waals surface area contributed by atoms with Crippen molar-refractivity contribution in [3.05, 3.63) is 34.4 Å². The Bertz CT molecular complexity index is 350. The molecule has 0 radical (unpaired) electrons.